The monoisotopic (exact) mass is 462 g/mol. The van der Waals surface area contributed by atoms with E-state index in [-0.39, 0.29) is 40.6 Å². The quantitative estimate of drug-likeness (QED) is 0.222. The normalized spacial score (nSPS) is 9.62. The zero-order chi connectivity index (χ0) is 23.3. The molecule has 3 aromatic carbocycles. The van der Waals surface area contributed by atoms with Crippen molar-refractivity contribution >= 4 is 41.7 Å². The number of aromatic carboxylic acids is 3. The number of nitrogens with two attached hydrogens (primary N) is 2. The molecule has 168 valence electrons. The highest BCUT2D eigenvalue weighted by Gasteiger charge is 2.14. The number of hydrogen-bond donors (Lipinski definition) is 7. The summed E-state index contributed by atoms with van der Waals surface area (Å²) in [6, 6.07) is 12.5. The largest absolute Gasteiger partial charge is 0.506 e. The van der Waals surface area contributed by atoms with Gasteiger partial charge in [-0.15, -0.1) is 12.4 Å². The first-order valence-electron chi connectivity index (χ1n) is 8.52. The maximum absolute atomic E-state index is 10.6. The lowest BCUT2D eigenvalue weighted by atomic mass is 10.0. The van der Waals surface area contributed by atoms with Crippen LogP contribution < -0.4 is 11.5 Å². The Bertz CT molecular complexity index is 1050. The molecule has 0 amide bonds. The number of halogens is 1. The van der Waals surface area contributed by atoms with E-state index in [9.17, 15) is 24.6 Å². The second-order valence-corrected chi connectivity index (χ2v) is 6.26. The number of carbonyl (C=O) groups is 3. The van der Waals surface area contributed by atoms with E-state index in [0.29, 0.717) is 11.4 Å². The molecule has 0 saturated heterocycles. The fourth-order valence-electron chi connectivity index (χ4n) is 2.44. The predicted octanol–water partition coefficient (Wildman–Crippen LogP) is 3.13. The van der Waals surface area contributed by atoms with Gasteiger partial charge in [0.2, 0.25) is 0 Å². The third-order valence-electron chi connectivity index (χ3n) is 4.07. The van der Waals surface area contributed by atoms with Crippen LogP contribution in [0.15, 0.2) is 54.6 Å². The van der Waals surface area contributed by atoms with E-state index in [4.69, 9.17) is 26.8 Å². The van der Waals surface area contributed by atoms with Gasteiger partial charge in [-0.1, -0.05) is 12.1 Å². The van der Waals surface area contributed by atoms with Gasteiger partial charge >= 0.3 is 17.9 Å². The smallest absolute Gasteiger partial charge is 0.335 e. The van der Waals surface area contributed by atoms with Gasteiger partial charge in [-0.3, -0.25) is 0 Å². The van der Waals surface area contributed by atoms with E-state index in [1.165, 1.54) is 0 Å². The van der Waals surface area contributed by atoms with Gasteiger partial charge in [0.15, 0.2) is 0 Å². The van der Waals surface area contributed by atoms with Gasteiger partial charge in [-0.2, -0.15) is 0 Å². The van der Waals surface area contributed by atoms with Crippen LogP contribution in [0.4, 0.5) is 11.4 Å². The third-order valence-corrected chi connectivity index (χ3v) is 4.07. The number of phenols is 2. The maximum atomic E-state index is 10.6. The Hall–Kier alpha value is -4.44. The van der Waals surface area contributed by atoms with Crippen molar-refractivity contribution in [1.29, 1.82) is 0 Å². The van der Waals surface area contributed by atoms with Crippen LogP contribution in [0.1, 0.15) is 31.1 Å². The highest BCUT2D eigenvalue weighted by atomic mass is 35.5. The summed E-state index contributed by atoms with van der Waals surface area (Å²) < 4.78 is 0. The SMILES string of the molecule is Cl.Nc1ccc(-c2ccc(N)c(O)c2)cc1O.O=C(O)c1cc(C(=O)O)cc(C(=O)O)c1. The summed E-state index contributed by atoms with van der Waals surface area (Å²) in [5.41, 5.74) is 12.1. The molecule has 3 rings (SSSR count). The first-order valence-corrected chi connectivity index (χ1v) is 8.52. The van der Waals surface area contributed by atoms with E-state index >= 15 is 0 Å². The van der Waals surface area contributed by atoms with Crippen molar-refractivity contribution in [2.45, 2.75) is 0 Å². The molecule has 9 N–H and O–H groups in total. The van der Waals surface area contributed by atoms with Gasteiger partial charge < -0.3 is 37.0 Å². The Morgan fingerprint density at radius 1 is 0.562 bits per heavy atom. The third kappa shape index (κ3) is 6.28. The first kappa shape index (κ1) is 25.6. The summed E-state index contributed by atoms with van der Waals surface area (Å²) >= 11 is 0. The lowest BCUT2D eigenvalue weighted by molar-refractivity contribution is 0.0696. The van der Waals surface area contributed by atoms with Crippen LogP contribution in [0.3, 0.4) is 0 Å². The number of hydrogen-bond acceptors (Lipinski definition) is 7. The standard InChI is InChI=1S/C12H12N2O2.C9H6O6.ClH/c13-9-3-1-7(5-11(9)15)8-2-4-10(14)12(16)6-8;10-7(11)4-1-5(8(12)13)3-6(2-4)9(14)15;/h1-6,15-16H,13-14H2;1-3H,(H,10,11)(H,12,13)(H,14,15);1H. The Balaban J connectivity index is 0.000000311. The molecule has 0 saturated carbocycles. The number of rotatable bonds is 4. The molecule has 11 heteroatoms. The van der Waals surface area contributed by atoms with Gasteiger partial charge in [0.05, 0.1) is 28.1 Å². The van der Waals surface area contributed by atoms with Crippen molar-refractivity contribution in [3.63, 3.8) is 0 Å². The fraction of sp³-hybridized carbons (Fsp3) is 0. The summed E-state index contributed by atoms with van der Waals surface area (Å²) in [4.78, 5) is 31.7. The summed E-state index contributed by atoms with van der Waals surface area (Å²) in [6.45, 7) is 0. The average molecular weight is 463 g/mol. The van der Waals surface area contributed by atoms with Crippen molar-refractivity contribution in [3.8, 4) is 22.6 Å². The predicted molar refractivity (Wildman–Crippen MR) is 119 cm³/mol. The summed E-state index contributed by atoms with van der Waals surface area (Å²) in [7, 11) is 0. The molecule has 0 aliphatic heterocycles. The average Bonchev–Trinajstić information content (AvgIpc) is 2.72. The fourth-order valence-corrected chi connectivity index (χ4v) is 2.44. The number of nitrogen functional groups attached to an aromatic ring is 2. The number of phenolic OH excluding ortho intramolecular Hbond substituents is 2. The summed E-state index contributed by atoms with van der Waals surface area (Å²) in [6.07, 6.45) is 0. The topological polar surface area (TPSA) is 204 Å². The van der Waals surface area contributed by atoms with Crippen molar-refractivity contribution in [2.75, 3.05) is 11.5 Å². The second kappa shape index (κ2) is 10.5. The Labute approximate surface area is 187 Å². The maximum Gasteiger partial charge on any atom is 0.335 e. The number of carboxylic acids is 3. The van der Waals surface area contributed by atoms with Crippen molar-refractivity contribution in [1.82, 2.24) is 0 Å². The van der Waals surface area contributed by atoms with Crippen molar-refractivity contribution in [2.24, 2.45) is 0 Å². The van der Waals surface area contributed by atoms with Crippen LogP contribution in [0.25, 0.3) is 11.1 Å². The highest BCUT2D eigenvalue weighted by molar-refractivity contribution is 5.98. The molecule has 0 bridgehead atoms. The van der Waals surface area contributed by atoms with Crippen LogP contribution in [0.2, 0.25) is 0 Å². The number of benzene rings is 3. The molecule has 0 radical (unpaired) electrons. The minimum Gasteiger partial charge on any atom is -0.506 e. The lowest BCUT2D eigenvalue weighted by Crippen LogP contribution is -2.07. The van der Waals surface area contributed by atoms with Crippen LogP contribution in [0.5, 0.6) is 11.5 Å². The van der Waals surface area contributed by atoms with Crippen LogP contribution in [-0.2, 0) is 0 Å². The van der Waals surface area contributed by atoms with Crippen LogP contribution in [-0.4, -0.2) is 43.4 Å². The molecular formula is C21H19ClN2O8. The highest BCUT2D eigenvalue weighted by Crippen LogP contribution is 2.31. The molecule has 32 heavy (non-hydrogen) atoms. The molecule has 0 aromatic heterocycles. The summed E-state index contributed by atoms with van der Waals surface area (Å²) in [5, 5.41) is 44.8. The van der Waals surface area contributed by atoms with E-state index in [1.54, 1.807) is 36.4 Å². The van der Waals surface area contributed by atoms with Crippen molar-refractivity contribution in [3.05, 3.63) is 71.3 Å². The Morgan fingerprint density at radius 3 is 1.06 bits per heavy atom. The number of aromatic hydroxyl groups is 2. The molecule has 0 heterocycles. The number of carboxylic acid groups (broad SMARTS) is 3. The van der Waals surface area contributed by atoms with E-state index in [0.717, 1.165) is 29.3 Å². The minimum atomic E-state index is -1.37. The molecule has 0 aliphatic carbocycles. The van der Waals surface area contributed by atoms with Gasteiger partial charge in [0, 0.05) is 0 Å². The molecule has 10 nitrogen and oxygen atoms in total. The van der Waals surface area contributed by atoms with Gasteiger partial charge in [0.1, 0.15) is 11.5 Å². The first-order chi connectivity index (χ1) is 14.5. The lowest BCUT2D eigenvalue weighted by Gasteiger charge is -2.06. The molecule has 0 unspecified atom stereocenters. The molecule has 0 atom stereocenters. The summed E-state index contributed by atoms with van der Waals surface area (Å²) in [5.74, 6) is -4.08. The number of anilines is 2. The van der Waals surface area contributed by atoms with E-state index in [1.807, 2.05) is 0 Å². The van der Waals surface area contributed by atoms with Crippen molar-refractivity contribution < 1.29 is 39.9 Å². The Kier molecular flexibility index (Phi) is 8.44. The van der Waals surface area contributed by atoms with E-state index in [2.05, 4.69) is 0 Å². The van der Waals surface area contributed by atoms with Crippen LogP contribution >= 0.6 is 12.4 Å². The Morgan fingerprint density at radius 2 is 0.844 bits per heavy atom. The van der Waals surface area contributed by atoms with E-state index < -0.39 is 17.9 Å². The zero-order valence-corrected chi connectivity index (χ0v) is 17.0. The van der Waals surface area contributed by atoms with Gasteiger partial charge in [0.25, 0.3) is 0 Å². The van der Waals surface area contributed by atoms with Crippen LogP contribution in [0, 0.1) is 0 Å². The second-order valence-electron chi connectivity index (χ2n) is 6.26. The van der Waals surface area contributed by atoms with Gasteiger partial charge in [-0.25, -0.2) is 14.4 Å². The molecule has 0 fully saturated rings. The molecule has 0 aliphatic rings. The van der Waals surface area contributed by atoms with Gasteiger partial charge in [-0.05, 0) is 53.6 Å². The molecule has 0 spiro atoms. The minimum absolute atomic E-state index is 0. The molecular weight excluding hydrogens is 444 g/mol. The zero-order valence-electron chi connectivity index (χ0n) is 16.2. The molecule has 3 aromatic rings.